The zero-order valence-corrected chi connectivity index (χ0v) is 16.9. The van der Waals surface area contributed by atoms with Gasteiger partial charge in [-0.1, -0.05) is 30.0 Å². The van der Waals surface area contributed by atoms with Gasteiger partial charge < -0.3 is 16.1 Å². The third-order valence-corrected chi connectivity index (χ3v) is 5.64. The van der Waals surface area contributed by atoms with E-state index in [1.807, 2.05) is 36.9 Å². The number of thioether (sulfide) groups is 1. The van der Waals surface area contributed by atoms with Crippen LogP contribution in [0.3, 0.4) is 0 Å². The number of nitrogen functional groups attached to an aromatic ring is 1. The number of rotatable bonds is 6. The smallest absolute Gasteiger partial charge is 0.238 e. The van der Waals surface area contributed by atoms with Gasteiger partial charge in [0.05, 0.1) is 12.3 Å². The lowest BCUT2D eigenvalue weighted by atomic mass is 10.1. The Bertz CT molecular complexity index is 826. The maximum absolute atomic E-state index is 12.4. The van der Waals surface area contributed by atoms with Gasteiger partial charge >= 0.3 is 0 Å². The van der Waals surface area contributed by atoms with Crippen molar-refractivity contribution in [2.45, 2.75) is 19.0 Å². The molecule has 0 atom stereocenters. The summed E-state index contributed by atoms with van der Waals surface area (Å²) in [5, 5.41) is 11.1. The van der Waals surface area contributed by atoms with Crippen LogP contribution in [0.15, 0.2) is 29.7 Å². The number of amides is 2. The molecule has 0 saturated carbocycles. The first-order valence-corrected chi connectivity index (χ1v) is 10.1. The predicted octanol–water partition coefficient (Wildman–Crippen LogP) is 0.484. The highest BCUT2D eigenvalue weighted by Gasteiger charge is 2.23. The summed E-state index contributed by atoms with van der Waals surface area (Å²) in [6, 6.07) is 5.95. The fourth-order valence-corrected chi connectivity index (χ4v) is 3.84. The van der Waals surface area contributed by atoms with Crippen LogP contribution in [0.5, 0.6) is 0 Å². The van der Waals surface area contributed by atoms with Gasteiger partial charge in [-0.25, -0.2) is 4.68 Å². The molecule has 3 rings (SSSR count). The second kappa shape index (κ2) is 9.07. The first-order valence-electron chi connectivity index (χ1n) is 9.08. The Balaban J connectivity index is 1.43. The van der Waals surface area contributed by atoms with Crippen LogP contribution in [0.1, 0.15) is 11.1 Å². The van der Waals surface area contributed by atoms with Crippen LogP contribution < -0.4 is 11.2 Å². The molecule has 0 unspecified atom stereocenters. The largest absolute Gasteiger partial charge is 0.339 e. The molecular weight excluding hydrogens is 378 g/mol. The van der Waals surface area contributed by atoms with Crippen LogP contribution in [0.2, 0.25) is 0 Å². The van der Waals surface area contributed by atoms with Crippen LogP contribution in [-0.2, 0) is 9.59 Å². The van der Waals surface area contributed by atoms with Gasteiger partial charge in [-0.3, -0.25) is 14.5 Å². The maximum Gasteiger partial charge on any atom is 0.238 e. The summed E-state index contributed by atoms with van der Waals surface area (Å²) in [4.78, 5) is 28.6. The molecule has 1 fully saturated rings. The minimum Gasteiger partial charge on any atom is -0.339 e. The zero-order chi connectivity index (χ0) is 20.1. The Morgan fingerprint density at radius 2 is 1.86 bits per heavy atom. The van der Waals surface area contributed by atoms with E-state index in [2.05, 4.69) is 20.4 Å². The number of carbonyl (C=O) groups is 2. The number of benzene rings is 1. The molecule has 2 heterocycles. The highest BCUT2D eigenvalue weighted by molar-refractivity contribution is 7.99. The third-order valence-electron chi connectivity index (χ3n) is 4.70. The minimum atomic E-state index is -0.0324. The molecule has 1 aliphatic heterocycles. The zero-order valence-electron chi connectivity index (χ0n) is 16.1. The number of para-hydroxylation sites is 1. The molecule has 1 aromatic carbocycles. The standard InChI is InChI=1S/C18H25N7O2S/c1-13-4-3-5-14(2)17(13)21-15(26)10-23-6-8-24(9-7-23)16(27)11-28-18-22-20-12-25(18)19/h3-5,12H,6-11,19H2,1-2H3,(H,21,26). The van der Waals surface area contributed by atoms with Gasteiger partial charge in [-0.15, -0.1) is 10.2 Å². The first kappa shape index (κ1) is 20.2. The topological polar surface area (TPSA) is 109 Å². The van der Waals surface area contributed by atoms with Crippen LogP contribution >= 0.6 is 11.8 Å². The highest BCUT2D eigenvalue weighted by atomic mass is 32.2. The van der Waals surface area contributed by atoms with Gasteiger partial charge in [0, 0.05) is 31.9 Å². The molecule has 2 aromatic rings. The Labute approximate surface area is 168 Å². The molecule has 0 aliphatic carbocycles. The Morgan fingerprint density at radius 1 is 1.18 bits per heavy atom. The lowest BCUT2D eigenvalue weighted by molar-refractivity contribution is -0.130. The van der Waals surface area contributed by atoms with Crippen LogP contribution in [0.25, 0.3) is 0 Å². The van der Waals surface area contributed by atoms with E-state index in [0.29, 0.717) is 37.9 Å². The number of anilines is 1. The molecule has 28 heavy (non-hydrogen) atoms. The molecule has 150 valence electrons. The van der Waals surface area contributed by atoms with Crippen molar-refractivity contribution >= 4 is 29.3 Å². The monoisotopic (exact) mass is 403 g/mol. The van der Waals surface area contributed by atoms with Crippen molar-refractivity contribution in [1.82, 2.24) is 24.7 Å². The fourth-order valence-electron chi connectivity index (χ4n) is 3.10. The van der Waals surface area contributed by atoms with Gasteiger partial charge in [0.1, 0.15) is 6.33 Å². The molecular formula is C18H25N7O2S. The summed E-state index contributed by atoms with van der Waals surface area (Å²) in [5.74, 6) is 5.91. The van der Waals surface area contributed by atoms with Crippen molar-refractivity contribution in [3.63, 3.8) is 0 Å². The van der Waals surface area contributed by atoms with E-state index in [9.17, 15) is 9.59 Å². The van der Waals surface area contributed by atoms with E-state index in [1.165, 1.54) is 22.8 Å². The molecule has 3 N–H and O–H groups in total. The lowest BCUT2D eigenvalue weighted by Crippen LogP contribution is -2.51. The number of hydrogen-bond donors (Lipinski definition) is 2. The molecule has 1 aliphatic rings. The first-order chi connectivity index (χ1) is 13.4. The fraction of sp³-hybridized carbons (Fsp3) is 0.444. The Hall–Kier alpha value is -2.59. The Morgan fingerprint density at radius 3 is 2.46 bits per heavy atom. The quantitative estimate of drug-likeness (QED) is 0.533. The molecule has 10 heteroatoms. The van der Waals surface area contributed by atoms with E-state index in [1.54, 1.807) is 0 Å². The molecule has 0 spiro atoms. The number of carbonyl (C=O) groups excluding carboxylic acids is 2. The van der Waals surface area contributed by atoms with Crippen molar-refractivity contribution < 1.29 is 9.59 Å². The predicted molar refractivity (Wildman–Crippen MR) is 108 cm³/mol. The second-order valence-electron chi connectivity index (χ2n) is 6.78. The third kappa shape index (κ3) is 5.02. The summed E-state index contributed by atoms with van der Waals surface area (Å²) < 4.78 is 1.30. The second-order valence-corrected chi connectivity index (χ2v) is 7.72. The van der Waals surface area contributed by atoms with E-state index >= 15 is 0 Å². The summed E-state index contributed by atoms with van der Waals surface area (Å²) in [7, 11) is 0. The number of aryl methyl sites for hydroxylation is 2. The number of aromatic nitrogens is 3. The lowest BCUT2D eigenvalue weighted by Gasteiger charge is -2.34. The molecule has 2 amide bonds. The van der Waals surface area contributed by atoms with Crippen molar-refractivity contribution in [3.05, 3.63) is 35.7 Å². The number of piperazine rings is 1. The molecule has 1 saturated heterocycles. The highest BCUT2D eigenvalue weighted by Crippen LogP contribution is 2.19. The molecule has 0 bridgehead atoms. The van der Waals surface area contributed by atoms with Crippen molar-refractivity contribution in [3.8, 4) is 0 Å². The van der Waals surface area contributed by atoms with E-state index < -0.39 is 0 Å². The molecule has 1 aromatic heterocycles. The van der Waals surface area contributed by atoms with Crippen molar-refractivity contribution in [1.29, 1.82) is 0 Å². The normalized spacial score (nSPS) is 14.9. The van der Waals surface area contributed by atoms with E-state index in [4.69, 9.17) is 5.84 Å². The van der Waals surface area contributed by atoms with E-state index in [-0.39, 0.29) is 17.6 Å². The SMILES string of the molecule is Cc1cccc(C)c1NC(=O)CN1CCN(C(=O)CSc2nncn2N)CC1. The minimum absolute atomic E-state index is 0.0324. The summed E-state index contributed by atoms with van der Waals surface area (Å²) >= 11 is 1.27. The number of hydrogen-bond acceptors (Lipinski definition) is 7. The summed E-state index contributed by atoms with van der Waals surface area (Å²) in [6.07, 6.45) is 1.40. The maximum atomic E-state index is 12.4. The van der Waals surface area contributed by atoms with Crippen molar-refractivity contribution in [2.75, 3.05) is 49.6 Å². The number of nitrogens with one attached hydrogen (secondary N) is 1. The Kier molecular flexibility index (Phi) is 6.53. The van der Waals surface area contributed by atoms with Gasteiger partial charge in [-0.05, 0) is 25.0 Å². The number of nitrogens with two attached hydrogens (primary N) is 1. The molecule has 9 nitrogen and oxygen atoms in total. The average molecular weight is 404 g/mol. The van der Waals surface area contributed by atoms with Gasteiger partial charge in [0.15, 0.2) is 0 Å². The van der Waals surface area contributed by atoms with Crippen LogP contribution in [0, 0.1) is 13.8 Å². The van der Waals surface area contributed by atoms with Crippen LogP contribution in [-0.4, -0.2) is 75.0 Å². The van der Waals surface area contributed by atoms with Gasteiger partial charge in [-0.2, -0.15) is 0 Å². The summed E-state index contributed by atoms with van der Waals surface area (Å²) in [6.45, 7) is 6.83. The van der Waals surface area contributed by atoms with Gasteiger partial charge in [0.25, 0.3) is 0 Å². The van der Waals surface area contributed by atoms with Crippen LogP contribution in [0.4, 0.5) is 5.69 Å². The van der Waals surface area contributed by atoms with E-state index in [0.717, 1.165) is 16.8 Å². The summed E-state index contributed by atoms with van der Waals surface area (Å²) in [5.41, 5.74) is 2.98. The number of nitrogens with zero attached hydrogens (tertiary/aromatic N) is 5. The van der Waals surface area contributed by atoms with Gasteiger partial charge in [0.2, 0.25) is 17.0 Å². The molecule has 0 radical (unpaired) electrons. The average Bonchev–Trinajstić information content (AvgIpc) is 3.08. The van der Waals surface area contributed by atoms with Crippen molar-refractivity contribution in [2.24, 2.45) is 0 Å².